The van der Waals surface area contributed by atoms with Gasteiger partial charge in [0.1, 0.15) is 10.8 Å². The minimum atomic E-state index is -0.129. The molecule has 0 atom stereocenters. The number of nitrogens with two attached hydrogens (primary N) is 1. The maximum Gasteiger partial charge on any atom is 0.254 e. The van der Waals surface area contributed by atoms with Crippen LogP contribution in [0.2, 0.25) is 0 Å². The summed E-state index contributed by atoms with van der Waals surface area (Å²) >= 11 is 1.46. The van der Waals surface area contributed by atoms with Crippen LogP contribution in [-0.4, -0.2) is 29.1 Å². The molecule has 2 aromatic heterocycles. The summed E-state index contributed by atoms with van der Waals surface area (Å²) < 4.78 is 5.02. The van der Waals surface area contributed by atoms with Gasteiger partial charge in [-0.2, -0.15) is 0 Å². The number of carbonyl (C=O) groups is 1. The van der Waals surface area contributed by atoms with Gasteiger partial charge < -0.3 is 15.6 Å². The lowest BCUT2D eigenvalue weighted by Gasteiger charge is -2.08. The number of nitrogens with one attached hydrogen (secondary N) is 1. The van der Waals surface area contributed by atoms with Crippen LogP contribution in [0.25, 0.3) is 0 Å². The van der Waals surface area contributed by atoms with E-state index >= 15 is 0 Å². The average molecular weight is 379 g/mol. The predicted molar refractivity (Wildman–Crippen MR) is 95.5 cm³/mol. The Morgan fingerprint density at radius 1 is 1.43 bits per heavy atom. The van der Waals surface area contributed by atoms with E-state index in [2.05, 4.69) is 15.5 Å². The number of pyridine rings is 1. The second-order valence-electron chi connectivity index (χ2n) is 4.47. The van der Waals surface area contributed by atoms with Crippen LogP contribution in [0, 0.1) is 6.92 Å². The molecule has 1 amide bonds. The first-order valence-corrected chi connectivity index (χ1v) is 7.67. The molecule has 0 saturated carbocycles. The molecule has 0 aliphatic rings. The molecule has 6 nitrogen and oxygen atoms in total. The summed E-state index contributed by atoms with van der Waals surface area (Å²) in [6.45, 7) is 2.97. The summed E-state index contributed by atoms with van der Waals surface area (Å²) in [4.78, 5) is 16.4. The van der Waals surface area contributed by atoms with Crippen LogP contribution in [0.3, 0.4) is 0 Å². The average Bonchev–Trinajstić information content (AvgIpc) is 2.91. The van der Waals surface area contributed by atoms with Gasteiger partial charge in [-0.1, -0.05) is 16.9 Å². The van der Waals surface area contributed by atoms with Crippen LogP contribution in [0.4, 0.5) is 0 Å². The third-order valence-corrected chi connectivity index (χ3v) is 3.75. The van der Waals surface area contributed by atoms with Crippen LogP contribution >= 0.6 is 36.6 Å². The summed E-state index contributed by atoms with van der Waals surface area (Å²) in [5, 5.41) is 7.45. The summed E-state index contributed by atoms with van der Waals surface area (Å²) in [7, 11) is 0. The monoisotopic (exact) mass is 378 g/mol. The Bertz CT molecular complexity index is 610. The van der Waals surface area contributed by atoms with E-state index in [0.717, 1.165) is 17.9 Å². The smallest absolute Gasteiger partial charge is 0.254 e. The molecule has 0 spiro atoms. The van der Waals surface area contributed by atoms with E-state index in [0.29, 0.717) is 29.4 Å². The Morgan fingerprint density at radius 3 is 2.87 bits per heavy atom. The van der Waals surface area contributed by atoms with E-state index in [9.17, 15) is 4.79 Å². The Hall–Kier alpha value is -1.28. The fourth-order valence-electron chi connectivity index (χ4n) is 1.71. The third kappa shape index (κ3) is 6.78. The first-order chi connectivity index (χ1) is 10.2. The number of amides is 1. The molecule has 0 radical (unpaired) electrons. The predicted octanol–water partition coefficient (Wildman–Crippen LogP) is 2.59. The molecular weight excluding hydrogens is 359 g/mol. The van der Waals surface area contributed by atoms with Crippen molar-refractivity contribution in [1.29, 1.82) is 0 Å². The minimum Gasteiger partial charge on any atom is -0.361 e. The number of thioether (sulfide) groups is 1. The van der Waals surface area contributed by atoms with Crippen molar-refractivity contribution in [3.63, 3.8) is 0 Å². The molecule has 23 heavy (non-hydrogen) atoms. The van der Waals surface area contributed by atoms with Crippen molar-refractivity contribution in [2.45, 2.75) is 24.1 Å². The molecule has 3 N–H and O–H groups in total. The quantitative estimate of drug-likeness (QED) is 0.567. The normalized spacial score (nSPS) is 9.65. The van der Waals surface area contributed by atoms with E-state index in [1.807, 2.05) is 13.0 Å². The SMILES string of the molecule is Cc1cc(CSc2ncccc2C(=O)NCCCN)no1.Cl.Cl. The standard InChI is InChI=1S/C14H18N4O2S.2ClH/c1-10-8-11(18-20-10)9-21-14-12(4-2-6-17-14)13(19)16-7-3-5-15;;/h2,4,6,8H,3,5,7,9,15H2,1H3,(H,16,19);2*1H. The second kappa shape index (κ2) is 11.3. The van der Waals surface area contributed by atoms with Crippen molar-refractivity contribution in [3.05, 3.63) is 41.4 Å². The summed E-state index contributed by atoms with van der Waals surface area (Å²) in [6, 6.07) is 5.39. The number of hydrogen-bond donors (Lipinski definition) is 2. The summed E-state index contributed by atoms with van der Waals surface area (Å²) in [5.74, 6) is 1.25. The molecule has 0 aliphatic heterocycles. The maximum absolute atomic E-state index is 12.1. The van der Waals surface area contributed by atoms with Gasteiger partial charge in [0.15, 0.2) is 0 Å². The molecule has 0 saturated heterocycles. The molecule has 2 rings (SSSR count). The van der Waals surface area contributed by atoms with Gasteiger partial charge in [0, 0.05) is 24.6 Å². The molecule has 2 aromatic rings. The second-order valence-corrected chi connectivity index (χ2v) is 5.44. The van der Waals surface area contributed by atoms with Crippen molar-refractivity contribution < 1.29 is 9.32 Å². The van der Waals surface area contributed by atoms with E-state index in [-0.39, 0.29) is 30.7 Å². The molecule has 0 aliphatic carbocycles. The number of halogens is 2. The van der Waals surface area contributed by atoms with E-state index in [1.165, 1.54) is 11.8 Å². The zero-order valence-electron chi connectivity index (χ0n) is 12.7. The summed E-state index contributed by atoms with van der Waals surface area (Å²) in [5.41, 5.74) is 6.81. The lowest BCUT2D eigenvalue weighted by Crippen LogP contribution is -2.26. The zero-order valence-corrected chi connectivity index (χ0v) is 15.1. The van der Waals surface area contributed by atoms with E-state index in [1.54, 1.807) is 18.3 Å². The van der Waals surface area contributed by atoms with Gasteiger partial charge in [-0.15, -0.1) is 24.8 Å². The molecule has 0 aromatic carbocycles. The lowest BCUT2D eigenvalue weighted by molar-refractivity contribution is 0.0950. The van der Waals surface area contributed by atoms with Gasteiger partial charge in [-0.05, 0) is 32.0 Å². The van der Waals surface area contributed by atoms with Crippen molar-refractivity contribution in [1.82, 2.24) is 15.5 Å². The highest BCUT2D eigenvalue weighted by Gasteiger charge is 2.13. The number of aryl methyl sites for hydroxylation is 1. The minimum absolute atomic E-state index is 0. The fourth-order valence-corrected chi connectivity index (χ4v) is 2.58. The van der Waals surface area contributed by atoms with Gasteiger partial charge in [0.05, 0.1) is 11.3 Å². The van der Waals surface area contributed by atoms with Crippen molar-refractivity contribution in [2.24, 2.45) is 5.73 Å². The molecule has 0 bridgehead atoms. The highest BCUT2D eigenvalue weighted by molar-refractivity contribution is 7.98. The number of aromatic nitrogens is 2. The van der Waals surface area contributed by atoms with Gasteiger partial charge in [0.25, 0.3) is 5.91 Å². The van der Waals surface area contributed by atoms with Crippen LogP contribution in [0.5, 0.6) is 0 Å². The zero-order chi connectivity index (χ0) is 15.1. The maximum atomic E-state index is 12.1. The van der Waals surface area contributed by atoms with Crippen molar-refractivity contribution in [2.75, 3.05) is 13.1 Å². The highest BCUT2D eigenvalue weighted by Crippen LogP contribution is 2.23. The van der Waals surface area contributed by atoms with Crippen LogP contribution < -0.4 is 11.1 Å². The Morgan fingerprint density at radius 2 is 2.22 bits per heavy atom. The Labute approximate surface area is 151 Å². The number of rotatable bonds is 7. The largest absolute Gasteiger partial charge is 0.361 e. The van der Waals surface area contributed by atoms with E-state index in [4.69, 9.17) is 10.3 Å². The number of carbonyl (C=O) groups excluding carboxylic acids is 1. The summed E-state index contributed by atoms with van der Waals surface area (Å²) in [6.07, 6.45) is 2.43. The number of hydrogen-bond acceptors (Lipinski definition) is 6. The Kier molecular flexibility index (Phi) is 10.7. The van der Waals surface area contributed by atoms with Crippen molar-refractivity contribution >= 4 is 42.5 Å². The molecule has 0 fully saturated rings. The van der Waals surface area contributed by atoms with Crippen LogP contribution in [0.15, 0.2) is 33.9 Å². The molecule has 128 valence electrons. The first kappa shape index (κ1) is 21.7. The van der Waals surface area contributed by atoms with E-state index < -0.39 is 0 Å². The molecular formula is C14H20Cl2N4O2S. The molecule has 0 unspecified atom stereocenters. The van der Waals surface area contributed by atoms with Gasteiger partial charge >= 0.3 is 0 Å². The first-order valence-electron chi connectivity index (χ1n) is 6.69. The van der Waals surface area contributed by atoms with Gasteiger partial charge in [-0.3, -0.25) is 4.79 Å². The number of nitrogens with zero attached hydrogens (tertiary/aromatic N) is 2. The molecule has 9 heteroatoms. The third-order valence-electron chi connectivity index (χ3n) is 2.72. The van der Waals surface area contributed by atoms with Crippen LogP contribution in [-0.2, 0) is 5.75 Å². The highest BCUT2D eigenvalue weighted by atomic mass is 35.5. The fraction of sp³-hybridized carbons (Fsp3) is 0.357. The van der Waals surface area contributed by atoms with Gasteiger partial charge in [-0.25, -0.2) is 4.98 Å². The van der Waals surface area contributed by atoms with Gasteiger partial charge in [0.2, 0.25) is 0 Å². The topological polar surface area (TPSA) is 94.0 Å². The Balaban J connectivity index is 0.00000242. The molecule has 2 heterocycles. The lowest BCUT2D eigenvalue weighted by atomic mass is 10.2. The van der Waals surface area contributed by atoms with Crippen LogP contribution in [0.1, 0.15) is 28.2 Å². The van der Waals surface area contributed by atoms with Crippen molar-refractivity contribution in [3.8, 4) is 0 Å².